The Labute approximate surface area is 160 Å². The topological polar surface area (TPSA) is 77.6 Å². The zero-order chi connectivity index (χ0) is 19.5. The first-order chi connectivity index (χ1) is 13.6. The van der Waals surface area contributed by atoms with Gasteiger partial charge in [0.2, 0.25) is 5.89 Å². The van der Waals surface area contributed by atoms with Crippen molar-refractivity contribution >= 4 is 5.91 Å². The molecule has 1 aliphatic heterocycles. The Morgan fingerprint density at radius 1 is 1.04 bits per heavy atom. The van der Waals surface area contributed by atoms with Crippen molar-refractivity contribution in [3.8, 4) is 11.5 Å². The van der Waals surface area contributed by atoms with Crippen molar-refractivity contribution in [2.24, 2.45) is 0 Å². The summed E-state index contributed by atoms with van der Waals surface area (Å²) < 4.78 is 24.8. The van der Waals surface area contributed by atoms with Gasteiger partial charge in [-0.15, -0.1) is 5.10 Å². The summed E-state index contributed by atoms with van der Waals surface area (Å²) in [6.45, 7) is 1.78. The molecule has 0 aliphatic carbocycles. The number of nitrogens with zero attached hydrogens (tertiary/aromatic N) is 3. The Morgan fingerprint density at radius 2 is 1.71 bits per heavy atom. The lowest BCUT2D eigenvalue weighted by molar-refractivity contribution is -0.138. The van der Waals surface area contributed by atoms with E-state index in [0.717, 1.165) is 4.68 Å². The number of morpholine rings is 1. The number of benzene rings is 2. The predicted molar refractivity (Wildman–Crippen MR) is 98.1 cm³/mol. The van der Waals surface area contributed by atoms with Gasteiger partial charge in [-0.25, -0.2) is 9.18 Å². The van der Waals surface area contributed by atoms with Crippen molar-refractivity contribution in [3.05, 3.63) is 76.5 Å². The van der Waals surface area contributed by atoms with Gasteiger partial charge >= 0.3 is 5.76 Å². The van der Waals surface area contributed by atoms with E-state index in [0.29, 0.717) is 37.4 Å². The van der Waals surface area contributed by atoms with Crippen LogP contribution in [0.4, 0.5) is 4.39 Å². The van der Waals surface area contributed by atoms with Gasteiger partial charge < -0.3 is 14.1 Å². The predicted octanol–water partition coefficient (Wildman–Crippen LogP) is 2.09. The monoisotopic (exact) mass is 383 g/mol. The van der Waals surface area contributed by atoms with Gasteiger partial charge in [0.25, 0.3) is 5.91 Å². The van der Waals surface area contributed by atoms with E-state index in [9.17, 15) is 14.0 Å². The van der Waals surface area contributed by atoms with Crippen molar-refractivity contribution in [3.63, 3.8) is 0 Å². The molecule has 28 heavy (non-hydrogen) atoms. The molecule has 0 N–H and O–H groups in total. The summed E-state index contributed by atoms with van der Waals surface area (Å²) in [5.74, 6) is -1.39. The molecule has 1 saturated heterocycles. The Morgan fingerprint density at radius 3 is 2.39 bits per heavy atom. The Hall–Kier alpha value is -3.26. The fourth-order valence-electron chi connectivity index (χ4n) is 3.14. The maximum atomic E-state index is 13.2. The molecule has 0 bridgehead atoms. The van der Waals surface area contributed by atoms with Crippen LogP contribution < -0.4 is 5.76 Å². The summed E-state index contributed by atoms with van der Waals surface area (Å²) in [7, 11) is 0. The van der Waals surface area contributed by atoms with Crippen LogP contribution in [0.1, 0.15) is 11.6 Å². The third-order valence-electron chi connectivity index (χ3n) is 4.58. The van der Waals surface area contributed by atoms with Crippen LogP contribution in [0.25, 0.3) is 11.5 Å². The van der Waals surface area contributed by atoms with Crippen LogP contribution in [0, 0.1) is 5.82 Å². The van der Waals surface area contributed by atoms with Crippen LogP contribution in [-0.2, 0) is 9.53 Å². The molecule has 0 spiro atoms. The van der Waals surface area contributed by atoms with Gasteiger partial charge in [-0.1, -0.05) is 30.3 Å². The molecule has 1 fully saturated rings. The normalized spacial score (nSPS) is 15.4. The van der Waals surface area contributed by atoms with E-state index in [2.05, 4.69) is 5.10 Å². The van der Waals surface area contributed by atoms with Gasteiger partial charge in [-0.3, -0.25) is 4.79 Å². The SMILES string of the molecule is O=C([C@H](c1ccccc1)n1nc(-c2ccc(F)cc2)oc1=O)N1CCOCC1. The largest absolute Gasteiger partial charge is 0.438 e. The van der Waals surface area contributed by atoms with Crippen molar-refractivity contribution in [1.82, 2.24) is 14.7 Å². The summed E-state index contributed by atoms with van der Waals surface area (Å²) in [5, 5.41) is 4.24. The molecule has 4 rings (SSSR count). The molecule has 8 heteroatoms. The summed E-state index contributed by atoms with van der Waals surface area (Å²) in [6, 6.07) is 13.4. The molecular weight excluding hydrogens is 365 g/mol. The Kier molecular flexibility index (Phi) is 5.03. The fourth-order valence-corrected chi connectivity index (χ4v) is 3.14. The van der Waals surface area contributed by atoms with E-state index >= 15 is 0 Å². The number of rotatable bonds is 4. The summed E-state index contributed by atoms with van der Waals surface area (Å²) >= 11 is 0. The van der Waals surface area contributed by atoms with Gasteiger partial charge in [-0.05, 0) is 29.8 Å². The highest BCUT2D eigenvalue weighted by Gasteiger charge is 2.32. The van der Waals surface area contributed by atoms with E-state index in [1.165, 1.54) is 24.3 Å². The first kappa shape index (κ1) is 18.1. The first-order valence-electron chi connectivity index (χ1n) is 8.90. The number of hydrogen-bond donors (Lipinski definition) is 0. The van der Waals surface area contributed by atoms with E-state index in [4.69, 9.17) is 9.15 Å². The molecule has 1 aromatic heterocycles. The highest BCUT2D eigenvalue weighted by atomic mass is 19.1. The maximum absolute atomic E-state index is 13.2. The van der Waals surface area contributed by atoms with Crippen LogP contribution in [0.15, 0.2) is 63.8 Å². The number of ether oxygens (including phenoxy) is 1. The lowest BCUT2D eigenvalue weighted by Gasteiger charge is -2.30. The fraction of sp³-hybridized carbons (Fsp3) is 0.250. The van der Waals surface area contributed by atoms with E-state index < -0.39 is 17.6 Å². The van der Waals surface area contributed by atoms with Crippen LogP contribution >= 0.6 is 0 Å². The molecule has 1 aliphatic rings. The molecule has 7 nitrogen and oxygen atoms in total. The van der Waals surface area contributed by atoms with Gasteiger partial charge in [0, 0.05) is 18.7 Å². The maximum Gasteiger partial charge on any atom is 0.438 e. The second-order valence-electron chi connectivity index (χ2n) is 6.38. The average Bonchev–Trinajstić information content (AvgIpc) is 3.11. The lowest BCUT2D eigenvalue weighted by atomic mass is 10.1. The van der Waals surface area contributed by atoms with Crippen LogP contribution in [-0.4, -0.2) is 46.9 Å². The van der Waals surface area contributed by atoms with Crippen molar-refractivity contribution in [2.75, 3.05) is 26.3 Å². The third-order valence-corrected chi connectivity index (χ3v) is 4.58. The lowest BCUT2D eigenvalue weighted by Crippen LogP contribution is -2.46. The highest BCUT2D eigenvalue weighted by molar-refractivity contribution is 5.83. The van der Waals surface area contributed by atoms with Gasteiger partial charge in [0.1, 0.15) is 5.82 Å². The third kappa shape index (κ3) is 3.59. The second kappa shape index (κ2) is 7.77. The van der Waals surface area contributed by atoms with Crippen molar-refractivity contribution < 1.29 is 18.3 Å². The van der Waals surface area contributed by atoms with E-state index in [1.54, 1.807) is 29.2 Å². The Balaban J connectivity index is 1.75. The van der Waals surface area contributed by atoms with Crippen LogP contribution in [0.5, 0.6) is 0 Å². The molecule has 3 aromatic rings. The quantitative estimate of drug-likeness (QED) is 0.690. The van der Waals surface area contributed by atoms with Crippen molar-refractivity contribution in [1.29, 1.82) is 0 Å². The van der Waals surface area contributed by atoms with Crippen LogP contribution in [0.2, 0.25) is 0 Å². The molecule has 1 atom stereocenters. The minimum atomic E-state index is -0.954. The van der Waals surface area contributed by atoms with Crippen LogP contribution in [0.3, 0.4) is 0 Å². The van der Waals surface area contributed by atoms with E-state index in [-0.39, 0.29) is 11.8 Å². The molecule has 0 radical (unpaired) electrons. The molecule has 0 saturated carbocycles. The highest BCUT2D eigenvalue weighted by Crippen LogP contribution is 2.22. The summed E-state index contributed by atoms with van der Waals surface area (Å²) in [6.07, 6.45) is 0. The van der Waals surface area contributed by atoms with Gasteiger partial charge in [-0.2, -0.15) is 4.68 Å². The number of hydrogen-bond acceptors (Lipinski definition) is 5. The van der Waals surface area contributed by atoms with E-state index in [1.807, 2.05) is 6.07 Å². The van der Waals surface area contributed by atoms with Crippen molar-refractivity contribution in [2.45, 2.75) is 6.04 Å². The van der Waals surface area contributed by atoms with Gasteiger partial charge in [0.15, 0.2) is 6.04 Å². The number of carbonyl (C=O) groups excluding carboxylic acids is 1. The van der Waals surface area contributed by atoms with Gasteiger partial charge in [0.05, 0.1) is 13.2 Å². The standard InChI is InChI=1S/C20H18FN3O4/c21-16-8-6-15(7-9-16)18-22-24(20(26)28-18)17(14-4-2-1-3-5-14)19(25)23-10-12-27-13-11-23/h1-9,17H,10-13H2/t17-/m0/s1. The summed E-state index contributed by atoms with van der Waals surface area (Å²) in [4.78, 5) is 27.4. The number of halogens is 1. The zero-order valence-electron chi connectivity index (χ0n) is 15.0. The molecule has 2 heterocycles. The Bertz CT molecular complexity index is 1010. The zero-order valence-corrected chi connectivity index (χ0v) is 15.0. The smallest absolute Gasteiger partial charge is 0.388 e. The average molecular weight is 383 g/mol. The molecule has 1 amide bonds. The molecular formula is C20H18FN3O4. The first-order valence-corrected chi connectivity index (χ1v) is 8.90. The molecule has 144 valence electrons. The minimum absolute atomic E-state index is 0.0284. The molecule has 2 aromatic carbocycles. The number of aromatic nitrogens is 2. The minimum Gasteiger partial charge on any atom is -0.388 e. The molecule has 0 unspecified atom stereocenters. The summed E-state index contributed by atoms with van der Waals surface area (Å²) in [5.41, 5.74) is 1.07. The second-order valence-corrected chi connectivity index (χ2v) is 6.38. The number of amides is 1. The number of carbonyl (C=O) groups is 1.